The van der Waals surface area contributed by atoms with E-state index in [4.69, 9.17) is 44.8 Å². The van der Waals surface area contributed by atoms with Crippen molar-refractivity contribution in [2.24, 2.45) is 5.92 Å². The van der Waals surface area contributed by atoms with E-state index in [0.29, 0.717) is 111 Å². The summed E-state index contributed by atoms with van der Waals surface area (Å²) in [6.45, 7) is 14.3. The van der Waals surface area contributed by atoms with Crippen LogP contribution in [0.1, 0.15) is 68.3 Å². The molecule has 2 aliphatic heterocycles. The zero-order chi connectivity index (χ0) is 63.1. The van der Waals surface area contributed by atoms with E-state index in [1.165, 1.54) is 17.9 Å². The van der Waals surface area contributed by atoms with Gasteiger partial charge in [-0.3, -0.25) is 19.2 Å². The Bertz CT molecular complexity index is 3550. The Kier molecular flexibility index (Phi) is 23.3. The maximum Gasteiger partial charge on any atom is 0.243 e. The van der Waals surface area contributed by atoms with Crippen molar-refractivity contribution in [3.63, 3.8) is 0 Å². The molecule has 4 atom stereocenters. The zero-order valence-electron chi connectivity index (χ0n) is 51.0. The standard InChI is InChI=1S/C64H78ClFN10O12S/c1-39(2)56(54-31-40(3)72-88-54)63(82)76-36-47(79)34-53(76)62(81)69-52(43-11-13-44(14-12-43)60-41(4)68-38-89-60)37-87-30-29-86-28-27-85-26-25-84-24-23-83-22-21-73(6)55(80)15-16-67-64-70-59-50(61(71-64)75-19-17-74(18-20-75)42(5)77)35-51(65)57(58(59)66)49-33-46(78)32-45-9-7-8-10-48(45)49/h7-14,31-33,35,38-39,47,52-53,56,78-79H,15-30,34,36-37H2,1-6H3,(H,69,81)(H,67,70,71)/t47-,52+,53+,56?/m1/s1. The molecule has 0 saturated carbocycles. The fourth-order valence-corrected chi connectivity index (χ4v) is 12.2. The number of hydrogen-bond donors (Lipinski definition) is 4. The van der Waals surface area contributed by atoms with Gasteiger partial charge in [0.05, 0.1) is 105 Å². The van der Waals surface area contributed by atoms with Crippen LogP contribution in [0.5, 0.6) is 5.75 Å². The molecule has 4 aromatic carbocycles. The first kappa shape index (κ1) is 66.0. The van der Waals surface area contributed by atoms with Gasteiger partial charge in [-0.15, -0.1) is 11.3 Å². The lowest BCUT2D eigenvalue weighted by molar-refractivity contribution is -0.141. The number of carbonyl (C=O) groups is 4. The molecule has 1 unspecified atom stereocenters. The normalized spacial score (nSPS) is 16.0. The number of fused-ring (bicyclic) bond motifs is 2. The van der Waals surface area contributed by atoms with E-state index < -0.39 is 35.8 Å². The first-order chi connectivity index (χ1) is 42.9. The molecule has 2 fully saturated rings. The number of nitrogens with zero attached hydrogens (tertiary/aromatic N) is 8. The van der Waals surface area contributed by atoms with Gasteiger partial charge in [0.1, 0.15) is 34.8 Å². The van der Waals surface area contributed by atoms with Crippen molar-refractivity contribution >= 4 is 80.0 Å². The van der Waals surface area contributed by atoms with Crippen molar-refractivity contribution < 1.29 is 62.0 Å². The Morgan fingerprint density at radius 3 is 2.18 bits per heavy atom. The van der Waals surface area contributed by atoms with E-state index in [2.05, 4.69) is 25.8 Å². The minimum atomic E-state index is -0.909. The first-order valence-electron chi connectivity index (χ1n) is 30.0. The summed E-state index contributed by atoms with van der Waals surface area (Å²) in [6, 6.07) is 20.1. The number of ether oxygens (including phenoxy) is 5. The van der Waals surface area contributed by atoms with Gasteiger partial charge in [0, 0.05) is 89.6 Å². The smallest absolute Gasteiger partial charge is 0.243 e. The van der Waals surface area contributed by atoms with Crippen molar-refractivity contribution in [1.29, 1.82) is 0 Å². The third-order valence-electron chi connectivity index (χ3n) is 15.8. The minimum Gasteiger partial charge on any atom is -0.508 e. The molecule has 5 heterocycles. The number of piperazine rings is 1. The number of phenolic OH excluding ortho intramolecular Hbond substituents is 1. The van der Waals surface area contributed by atoms with Crippen LogP contribution in [0.3, 0.4) is 0 Å². The zero-order valence-corrected chi connectivity index (χ0v) is 52.6. The second-order valence-corrected chi connectivity index (χ2v) is 23.7. The van der Waals surface area contributed by atoms with Crippen molar-refractivity contribution in [2.75, 3.05) is 129 Å². The monoisotopic (exact) mass is 1260 g/mol. The summed E-state index contributed by atoms with van der Waals surface area (Å²) in [7, 11) is 1.69. The number of aliphatic hydroxyl groups is 1. The van der Waals surface area contributed by atoms with Crippen LogP contribution in [0.2, 0.25) is 5.02 Å². The van der Waals surface area contributed by atoms with Gasteiger partial charge in [-0.25, -0.2) is 14.4 Å². The molecule has 0 bridgehead atoms. The molecule has 4 N–H and O–H groups in total. The van der Waals surface area contributed by atoms with Crippen LogP contribution in [0.25, 0.3) is 43.2 Å². The van der Waals surface area contributed by atoms with Crippen LogP contribution in [0.4, 0.5) is 16.2 Å². The molecule has 476 valence electrons. The maximum absolute atomic E-state index is 17.0. The number of aromatic nitrogens is 4. The predicted octanol–water partition coefficient (Wildman–Crippen LogP) is 7.95. The van der Waals surface area contributed by atoms with Crippen LogP contribution in [0.15, 0.2) is 82.8 Å². The number of benzene rings is 4. The highest BCUT2D eigenvalue weighted by Gasteiger charge is 2.44. The Morgan fingerprint density at radius 1 is 0.865 bits per heavy atom. The van der Waals surface area contributed by atoms with Crippen molar-refractivity contribution in [3.05, 3.63) is 112 Å². The number of phenols is 1. The Balaban J connectivity index is 0.667. The van der Waals surface area contributed by atoms with Crippen molar-refractivity contribution in [1.82, 2.24) is 40.1 Å². The van der Waals surface area contributed by atoms with Gasteiger partial charge in [-0.2, -0.15) is 4.98 Å². The lowest BCUT2D eigenvalue weighted by atomic mass is 9.91. The molecule has 2 saturated heterocycles. The molecule has 25 heteroatoms. The predicted molar refractivity (Wildman–Crippen MR) is 337 cm³/mol. The first-order valence-corrected chi connectivity index (χ1v) is 31.2. The molecule has 0 radical (unpaired) electrons. The fraction of sp³-hybridized carbons (Fsp3) is 0.469. The molecule has 89 heavy (non-hydrogen) atoms. The van der Waals surface area contributed by atoms with Crippen LogP contribution >= 0.6 is 22.9 Å². The Morgan fingerprint density at radius 2 is 1.54 bits per heavy atom. The fourth-order valence-electron chi connectivity index (χ4n) is 11.0. The SMILES string of the molecule is CC(=O)N1CCN(c2nc(NCCC(=O)N(C)CCOCCOCCOCCOCCOC[C@H](NC(=O)[C@@H]3C[C@@H](O)CN3C(=O)C(c3cc(C)no3)C(C)C)c3ccc(-c4scnc4C)cc3)nc3c(F)c(-c4cc(O)cc5ccccc45)c(Cl)cc23)CC1. The lowest BCUT2D eigenvalue weighted by Crippen LogP contribution is -2.49. The number of aromatic hydroxyl groups is 1. The molecule has 2 aliphatic rings. The number of rotatable bonds is 30. The number of β-amino-alcohol motifs (C(OH)–C–C–N with tert-alkyl or cyclic N) is 1. The third-order valence-corrected chi connectivity index (χ3v) is 17.1. The van der Waals surface area contributed by atoms with E-state index in [-0.39, 0.29) is 104 Å². The van der Waals surface area contributed by atoms with Gasteiger partial charge in [-0.05, 0) is 65.4 Å². The average Bonchev–Trinajstić information content (AvgIpc) is 2.69. The van der Waals surface area contributed by atoms with Gasteiger partial charge in [0.25, 0.3) is 0 Å². The highest BCUT2D eigenvalue weighted by atomic mass is 35.5. The summed E-state index contributed by atoms with van der Waals surface area (Å²) in [5.41, 5.74) is 5.68. The number of carbonyl (C=O) groups excluding carboxylic acids is 4. The van der Waals surface area contributed by atoms with E-state index in [9.17, 15) is 29.4 Å². The number of likely N-dealkylation sites (N-methyl/N-ethyl adjacent to an activating group) is 1. The van der Waals surface area contributed by atoms with Gasteiger partial charge < -0.3 is 68.7 Å². The quantitative estimate of drug-likeness (QED) is 0.0312. The Hall–Kier alpha value is -7.42. The maximum atomic E-state index is 17.0. The Labute approximate surface area is 525 Å². The van der Waals surface area contributed by atoms with Gasteiger partial charge in [0.2, 0.25) is 29.6 Å². The molecule has 0 spiro atoms. The number of nitrogens with one attached hydrogen (secondary N) is 2. The summed E-state index contributed by atoms with van der Waals surface area (Å²) >= 11 is 8.44. The van der Waals surface area contributed by atoms with Crippen LogP contribution < -0.4 is 15.5 Å². The van der Waals surface area contributed by atoms with Gasteiger partial charge in [-0.1, -0.05) is 79.1 Å². The van der Waals surface area contributed by atoms with Crippen LogP contribution in [0, 0.1) is 25.6 Å². The summed E-state index contributed by atoms with van der Waals surface area (Å²) in [4.78, 5) is 75.1. The summed E-state index contributed by atoms with van der Waals surface area (Å²) in [5.74, 6) is -1.48. The highest BCUT2D eigenvalue weighted by molar-refractivity contribution is 7.13. The largest absolute Gasteiger partial charge is 0.508 e. The van der Waals surface area contributed by atoms with Crippen LogP contribution in [-0.4, -0.2) is 200 Å². The number of aliphatic hydroxyl groups excluding tert-OH is 1. The molecular weight excluding hydrogens is 1190 g/mol. The summed E-state index contributed by atoms with van der Waals surface area (Å²) in [5, 5.41) is 33.5. The number of thiazole rings is 1. The molecule has 3 aromatic heterocycles. The molecule has 7 aromatic rings. The molecule has 9 rings (SSSR count). The van der Waals surface area contributed by atoms with Gasteiger partial charge >= 0.3 is 0 Å². The van der Waals surface area contributed by atoms with Crippen LogP contribution in [-0.2, 0) is 42.9 Å². The van der Waals surface area contributed by atoms with E-state index in [0.717, 1.165) is 21.7 Å². The third kappa shape index (κ3) is 16.9. The van der Waals surface area contributed by atoms with E-state index in [1.807, 2.05) is 74.2 Å². The summed E-state index contributed by atoms with van der Waals surface area (Å²) in [6.07, 6.45) is -0.692. The average molecular weight is 1270 g/mol. The van der Waals surface area contributed by atoms with Crippen molar-refractivity contribution in [3.8, 4) is 27.3 Å². The number of likely N-dealkylation sites (tertiary alicyclic amines) is 1. The second kappa shape index (κ2) is 31.4. The number of aryl methyl sites for hydroxylation is 2. The molecule has 22 nitrogen and oxygen atoms in total. The highest BCUT2D eigenvalue weighted by Crippen LogP contribution is 2.43. The summed E-state index contributed by atoms with van der Waals surface area (Å²) < 4.78 is 51.4. The lowest BCUT2D eigenvalue weighted by Gasteiger charge is -2.35. The second-order valence-electron chi connectivity index (χ2n) is 22.5. The minimum absolute atomic E-state index is 0.0127. The number of amides is 4. The molecule has 4 amide bonds. The topological polar surface area (TPSA) is 257 Å². The van der Waals surface area contributed by atoms with E-state index in [1.54, 1.807) is 58.8 Å². The molecule has 0 aliphatic carbocycles. The number of anilines is 2. The number of hydrogen-bond acceptors (Lipinski definition) is 19. The number of halogens is 2. The molecular formula is C64H78ClFN10O12S. The van der Waals surface area contributed by atoms with E-state index >= 15 is 4.39 Å². The van der Waals surface area contributed by atoms with Gasteiger partial charge in [0.15, 0.2) is 5.82 Å². The van der Waals surface area contributed by atoms with Crippen molar-refractivity contribution in [2.45, 2.75) is 71.6 Å².